The number of carbonyl (C=O) groups excluding carboxylic acids is 1. The highest BCUT2D eigenvalue weighted by atomic mass is 35.5. The minimum Gasteiger partial charge on any atom is -0.300 e. The molecule has 0 fully saturated rings. The molecule has 0 unspecified atom stereocenters. The van der Waals surface area contributed by atoms with Crippen molar-refractivity contribution in [3.05, 3.63) is 57.6 Å². The van der Waals surface area contributed by atoms with Gasteiger partial charge < -0.3 is 4.57 Å². The summed E-state index contributed by atoms with van der Waals surface area (Å²) in [5, 5.41) is 0.847. The van der Waals surface area contributed by atoms with Crippen molar-refractivity contribution in [2.24, 2.45) is 0 Å². The Labute approximate surface area is 127 Å². The van der Waals surface area contributed by atoms with Crippen molar-refractivity contribution >= 4 is 34.7 Å². The molecule has 0 bridgehead atoms. The van der Waals surface area contributed by atoms with Gasteiger partial charge in [-0.15, -0.1) is 0 Å². The molecule has 0 N–H and O–H groups in total. The number of hydrogen-bond donors (Lipinski definition) is 0. The molecule has 3 nitrogen and oxygen atoms in total. The summed E-state index contributed by atoms with van der Waals surface area (Å²) in [6, 6.07) is 4.85. The van der Waals surface area contributed by atoms with Crippen LogP contribution in [-0.2, 0) is 0 Å². The molecule has 1 aromatic carbocycles. The van der Waals surface area contributed by atoms with Crippen LogP contribution in [0.25, 0.3) is 5.70 Å². The quantitative estimate of drug-likeness (QED) is 0.616. The van der Waals surface area contributed by atoms with Gasteiger partial charge in [-0.1, -0.05) is 29.3 Å². The molecular weight excluding hydrogens is 295 g/mol. The number of aromatic nitrogens is 2. The lowest BCUT2D eigenvalue weighted by atomic mass is 10.1. The van der Waals surface area contributed by atoms with E-state index in [0.717, 1.165) is 11.5 Å². The van der Waals surface area contributed by atoms with Gasteiger partial charge in [0, 0.05) is 16.8 Å². The molecule has 0 aliphatic rings. The van der Waals surface area contributed by atoms with Crippen molar-refractivity contribution in [2.45, 2.75) is 20.8 Å². The Morgan fingerprint density at radius 1 is 1.30 bits per heavy atom. The van der Waals surface area contributed by atoms with Crippen LogP contribution in [0.3, 0.4) is 0 Å². The highest BCUT2D eigenvalue weighted by molar-refractivity contribution is 6.39. The molecule has 20 heavy (non-hydrogen) atoms. The Morgan fingerprint density at radius 3 is 2.50 bits per heavy atom. The van der Waals surface area contributed by atoms with Crippen LogP contribution in [0.15, 0.2) is 30.5 Å². The Morgan fingerprint density at radius 2 is 2.00 bits per heavy atom. The van der Waals surface area contributed by atoms with Gasteiger partial charge in [-0.3, -0.25) is 4.79 Å². The molecule has 0 atom stereocenters. The fourth-order valence-corrected chi connectivity index (χ4v) is 2.55. The highest BCUT2D eigenvalue weighted by Gasteiger charge is 2.18. The molecule has 0 saturated carbocycles. The van der Waals surface area contributed by atoms with Crippen molar-refractivity contribution in [1.82, 2.24) is 9.55 Å². The second kappa shape index (κ2) is 5.81. The molecule has 5 heteroatoms. The zero-order valence-corrected chi connectivity index (χ0v) is 13.0. The van der Waals surface area contributed by atoms with Gasteiger partial charge in [0.15, 0.2) is 0 Å². The predicted octanol–water partition coefficient (Wildman–Crippen LogP) is 4.55. The SMILES string of the molecule is C/C=C(/C(=O)c1ccc(Cl)cc1Cl)n1cc(C)nc1C. The van der Waals surface area contributed by atoms with Crippen molar-refractivity contribution in [3.8, 4) is 0 Å². The minimum atomic E-state index is -0.158. The second-order valence-electron chi connectivity index (χ2n) is 4.43. The summed E-state index contributed by atoms with van der Waals surface area (Å²) in [4.78, 5) is 16.9. The van der Waals surface area contributed by atoms with Gasteiger partial charge in [0.1, 0.15) is 5.82 Å². The van der Waals surface area contributed by atoms with Crippen LogP contribution in [0.4, 0.5) is 0 Å². The number of benzene rings is 1. The average Bonchev–Trinajstić information content (AvgIpc) is 2.69. The van der Waals surface area contributed by atoms with Crippen LogP contribution in [0.1, 0.15) is 28.8 Å². The van der Waals surface area contributed by atoms with E-state index in [1.165, 1.54) is 0 Å². The van der Waals surface area contributed by atoms with Crippen molar-refractivity contribution in [3.63, 3.8) is 0 Å². The van der Waals surface area contributed by atoms with E-state index >= 15 is 0 Å². The standard InChI is InChI=1S/C15H14Cl2N2O/c1-4-14(19-8-9(2)18-10(19)3)15(20)12-6-5-11(16)7-13(12)17/h4-8H,1-3H3/b14-4-. The van der Waals surface area contributed by atoms with Gasteiger partial charge in [-0.05, 0) is 39.0 Å². The van der Waals surface area contributed by atoms with Gasteiger partial charge >= 0.3 is 0 Å². The number of halogens is 2. The molecular formula is C15H14Cl2N2O. The maximum absolute atomic E-state index is 12.6. The third-order valence-corrected chi connectivity index (χ3v) is 3.49. The van der Waals surface area contributed by atoms with Crippen LogP contribution in [0.5, 0.6) is 0 Å². The van der Waals surface area contributed by atoms with E-state index in [2.05, 4.69) is 4.98 Å². The summed E-state index contributed by atoms with van der Waals surface area (Å²) in [5.74, 6) is 0.601. The third-order valence-electron chi connectivity index (χ3n) is 2.94. The first-order chi connectivity index (χ1) is 9.43. The first-order valence-electron chi connectivity index (χ1n) is 6.13. The zero-order chi connectivity index (χ0) is 14.9. The summed E-state index contributed by atoms with van der Waals surface area (Å²) in [6.07, 6.45) is 3.58. The maximum Gasteiger partial charge on any atom is 0.210 e. The van der Waals surface area contributed by atoms with E-state index in [1.807, 2.05) is 27.0 Å². The predicted molar refractivity (Wildman–Crippen MR) is 82.4 cm³/mol. The summed E-state index contributed by atoms with van der Waals surface area (Å²) >= 11 is 12.0. The van der Waals surface area contributed by atoms with E-state index in [0.29, 0.717) is 21.3 Å². The molecule has 2 rings (SSSR count). The maximum atomic E-state index is 12.6. The van der Waals surface area contributed by atoms with E-state index in [9.17, 15) is 4.79 Å². The zero-order valence-electron chi connectivity index (χ0n) is 11.4. The van der Waals surface area contributed by atoms with Crippen molar-refractivity contribution in [1.29, 1.82) is 0 Å². The smallest absolute Gasteiger partial charge is 0.210 e. The van der Waals surface area contributed by atoms with Gasteiger partial charge in [-0.2, -0.15) is 0 Å². The van der Waals surface area contributed by atoms with E-state index < -0.39 is 0 Å². The van der Waals surface area contributed by atoms with Crippen LogP contribution in [0, 0.1) is 13.8 Å². The molecule has 2 aromatic rings. The highest BCUT2D eigenvalue weighted by Crippen LogP contribution is 2.25. The summed E-state index contributed by atoms with van der Waals surface area (Å²) in [7, 11) is 0. The summed E-state index contributed by atoms with van der Waals surface area (Å²) in [5.41, 5.74) is 1.80. The van der Waals surface area contributed by atoms with Crippen LogP contribution in [-0.4, -0.2) is 15.3 Å². The topological polar surface area (TPSA) is 34.9 Å². The van der Waals surface area contributed by atoms with Crippen molar-refractivity contribution in [2.75, 3.05) is 0 Å². The molecule has 0 saturated heterocycles. The number of ketones is 1. The molecule has 0 aliphatic carbocycles. The molecule has 1 heterocycles. The molecule has 0 aliphatic heterocycles. The Kier molecular flexibility index (Phi) is 4.31. The van der Waals surface area contributed by atoms with Gasteiger partial charge in [0.25, 0.3) is 0 Å². The number of nitrogens with zero attached hydrogens (tertiary/aromatic N) is 2. The molecule has 1 aromatic heterocycles. The minimum absolute atomic E-state index is 0.158. The molecule has 0 spiro atoms. The first-order valence-corrected chi connectivity index (χ1v) is 6.88. The number of imidazole rings is 1. The lowest BCUT2D eigenvalue weighted by Gasteiger charge is -2.10. The lowest BCUT2D eigenvalue weighted by Crippen LogP contribution is -2.10. The number of carbonyl (C=O) groups is 1. The van der Waals surface area contributed by atoms with Crippen molar-refractivity contribution < 1.29 is 4.79 Å². The number of rotatable bonds is 3. The molecule has 0 amide bonds. The lowest BCUT2D eigenvalue weighted by molar-refractivity contribution is 0.105. The fraction of sp³-hybridized carbons (Fsp3) is 0.200. The van der Waals surface area contributed by atoms with Crippen LogP contribution >= 0.6 is 23.2 Å². The molecule has 104 valence electrons. The van der Waals surface area contributed by atoms with Gasteiger partial charge in [0.2, 0.25) is 5.78 Å². The summed E-state index contributed by atoms with van der Waals surface area (Å²) < 4.78 is 1.77. The monoisotopic (exact) mass is 308 g/mol. The number of allylic oxidation sites excluding steroid dienone is 2. The van der Waals surface area contributed by atoms with Gasteiger partial charge in [0.05, 0.1) is 16.4 Å². The number of hydrogen-bond acceptors (Lipinski definition) is 2. The van der Waals surface area contributed by atoms with Crippen LogP contribution < -0.4 is 0 Å². The Hall–Kier alpha value is -1.58. The summed E-state index contributed by atoms with van der Waals surface area (Å²) in [6.45, 7) is 5.55. The molecule has 0 radical (unpaired) electrons. The Bertz CT molecular complexity index is 702. The van der Waals surface area contributed by atoms with Crippen LogP contribution in [0.2, 0.25) is 10.0 Å². The van der Waals surface area contributed by atoms with Gasteiger partial charge in [-0.25, -0.2) is 4.98 Å². The average molecular weight is 309 g/mol. The van der Waals surface area contributed by atoms with E-state index in [1.54, 1.807) is 28.8 Å². The van der Waals surface area contributed by atoms with E-state index in [-0.39, 0.29) is 5.78 Å². The second-order valence-corrected chi connectivity index (χ2v) is 5.27. The number of Topliss-reactive ketones (excluding diaryl/α,β-unsaturated/α-hetero) is 1. The fourth-order valence-electron chi connectivity index (χ4n) is 2.05. The van der Waals surface area contributed by atoms with E-state index in [4.69, 9.17) is 23.2 Å². The normalized spacial score (nSPS) is 11.8. The largest absolute Gasteiger partial charge is 0.300 e. The number of aryl methyl sites for hydroxylation is 2. The first kappa shape index (κ1) is 14.8. The third kappa shape index (κ3) is 2.79. The Balaban J connectivity index is 2.48.